The van der Waals surface area contributed by atoms with Gasteiger partial charge in [0, 0.05) is 23.1 Å². The Bertz CT molecular complexity index is 1090. The molecule has 1 aliphatic rings. The molecule has 28 heavy (non-hydrogen) atoms. The van der Waals surface area contributed by atoms with Crippen LogP contribution in [0.2, 0.25) is 0 Å². The number of benzene rings is 2. The quantitative estimate of drug-likeness (QED) is 0.658. The van der Waals surface area contributed by atoms with Crippen molar-refractivity contribution in [3.05, 3.63) is 52.4 Å². The molecule has 8 heteroatoms. The number of rotatable bonds is 4. The van der Waals surface area contributed by atoms with Gasteiger partial charge in [0.15, 0.2) is 23.5 Å². The molecule has 1 aromatic heterocycles. The Kier molecular flexibility index (Phi) is 4.48. The minimum atomic E-state index is -0.792. The number of fused-ring (bicyclic) bond motifs is 3. The van der Waals surface area contributed by atoms with E-state index in [0.29, 0.717) is 22.4 Å². The molecule has 0 radical (unpaired) electrons. The monoisotopic (exact) mass is 386 g/mol. The third kappa shape index (κ3) is 2.97. The number of aromatic hydroxyl groups is 1. The largest absolute Gasteiger partial charge is 0.508 e. The summed E-state index contributed by atoms with van der Waals surface area (Å²) in [6.07, 6.45) is -1.58. The summed E-state index contributed by atoms with van der Waals surface area (Å²) in [6.45, 7) is -0.359. The van der Waals surface area contributed by atoms with Crippen molar-refractivity contribution in [2.45, 2.75) is 12.2 Å². The number of phenols is 1. The van der Waals surface area contributed by atoms with Gasteiger partial charge in [-0.1, -0.05) is 0 Å². The molecule has 0 saturated carbocycles. The molecule has 3 aromatic rings. The zero-order chi connectivity index (χ0) is 19.8. The van der Waals surface area contributed by atoms with Gasteiger partial charge in [-0.05, 0) is 24.3 Å². The minimum Gasteiger partial charge on any atom is -0.508 e. The molecule has 0 unspecified atom stereocenters. The van der Waals surface area contributed by atoms with E-state index in [1.807, 2.05) is 0 Å². The van der Waals surface area contributed by atoms with Gasteiger partial charge >= 0.3 is 5.63 Å². The lowest BCUT2D eigenvalue weighted by atomic mass is 10.0. The summed E-state index contributed by atoms with van der Waals surface area (Å²) in [5, 5.41) is 20.4. The molecule has 2 N–H and O–H groups in total. The molecule has 0 aliphatic carbocycles. The molecule has 0 amide bonds. The summed E-state index contributed by atoms with van der Waals surface area (Å²) in [4.78, 5) is 11.7. The van der Waals surface area contributed by atoms with E-state index in [4.69, 9.17) is 23.4 Å². The first-order valence-corrected chi connectivity index (χ1v) is 8.51. The van der Waals surface area contributed by atoms with Gasteiger partial charge in [0.25, 0.3) is 0 Å². The Hall–Kier alpha value is -3.39. The van der Waals surface area contributed by atoms with E-state index in [9.17, 15) is 15.0 Å². The Balaban J connectivity index is 1.90. The van der Waals surface area contributed by atoms with Crippen LogP contribution in [-0.4, -0.2) is 37.1 Å². The maximum absolute atomic E-state index is 11.7. The third-order valence-electron chi connectivity index (χ3n) is 4.52. The van der Waals surface area contributed by atoms with Crippen molar-refractivity contribution in [1.29, 1.82) is 0 Å². The Morgan fingerprint density at radius 2 is 1.86 bits per heavy atom. The van der Waals surface area contributed by atoms with Crippen LogP contribution in [0.5, 0.6) is 28.7 Å². The molecule has 8 nitrogen and oxygen atoms in total. The molecule has 1 aliphatic heterocycles. The first kappa shape index (κ1) is 18.0. The highest BCUT2D eigenvalue weighted by Gasteiger charge is 2.37. The molecule has 146 valence electrons. The number of aliphatic hydroxyl groups excluding tert-OH is 1. The second-order valence-electron chi connectivity index (χ2n) is 6.25. The average Bonchev–Trinajstić information content (AvgIpc) is 2.71. The molecule has 2 heterocycles. The van der Waals surface area contributed by atoms with E-state index >= 15 is 0 Å². The third-order valence-corrected chi connectivity index (χ3v) is 4.52. The van der Waals surface area contributed by atoms with Crippen molar-refractivity contribution in [3.8, 4) is 28.7 Å². The van der Waals surface area contributed by atoms with Crippen LogP contribution in [0.25, 0.3) is 11.0 Å². The second kappa shape index (κ2) is 6.97. The lowest BCUT2D eigenvalue weighted by Gasteiger charge is -2.34. The topological polar surface area (TPSA) is 108 Å². The molecular weight excluding hydrogens is 368 g/mol. The lowest BCUT2D eigenvalue weighted by Crippen LogP contribution is -2.36. The molecule has 0 saturated heterocycles. The predicted octanol–water partition coefficient (Wildman–Crippen LogP) is 2.39. The van der Waals surface area contributed by atoms with Gasteiger partial charge in [0.1, 0.15) is 11.5 Å². The van der Waals surface area contributed by atoms with Gasteiger partial charge in [0.2, 0.25) is 11.5 Å². The van der Waals surface area contributed by atoms with E-state index in [-0.39, 0.29) is 29.4 Å². The highest BCUT2D eigenvalue weighted by Crippen LogP contribution is 2.49. The Labute approximate surface area is 159 Å². The summed E-state index contributed by atoms with van der Waals surface area (Å²) in [6, 6.07) is 9.16. The first-order valence-electron chi connectivity index (χ1n) is 8.51. The number of hydrogen-bond donors (Lipinski definition) is 2. The van der Waals surface area contributed by atoms with Crippen molar-refractivity contribution >= 4 is 11.0 Å². The van der Waals surface area contributed by atoms with Crippen molar-refractivity contribution in [1.82, 2.24) is 0 Å². The number of aliphatic hydroxyl groups is 1. The lowest BCUT2D eigenvalue weighted by molar-refractivity contribution is -0.0137. The number of methoxy groups -OCH3 is 2. The molecule has 0 fully saturated rings. The van der Waals surface area contributed by atoms with Crippen LogP contribution in [0.3, 0.4) is 0 Å². The second-order valence-corrected chi connectivity index (χ2v) is 6.25. The van der Waals surface area contributed by atoms with Crippen LogP contribution in [0.1, 0.15) is 11.7 Å². The van der Waals surface area contributed by atoms with Crippen LogP contribution in [-0.2, 0) is 0 Å². The fourth-order valence-corrected chi connectivity index (χ4v) is 3.23. The maximum Gasteiger partial charge on any atom is 0.336 e. The van der Waals surface area contributed by atoms with Gasteiger partial charge in [-0.25, -0.2) is 4.79 Å². The van der Waals surface area contributed by atoms with E-state index < -0.39 is 17.8 Å². The van der Waals surface area contributed by atoms with Crippen molar-refractivity contribution in [3.63, 3.8) is 0 Å². The zero-order valence-corrected chi connectivity index (χ0v) is 15.2. The highest BCUT2D eigenvalue weighted by atomic mass is 16.6. The van der Waals surface area contributed by atoms with Gasteiger partial charge < -0.3 is 33.6 Å². The molecule has 0 spiro atoms. The predicted molar refractivity (Wildman–Crippen MR) is 98.6 cm³/mol. The van der Waals surface area contributed by atoms with Gasteiger partial charge in [-0.3, -0.25) is 0 Å². The summed E-state index contributed by atoms with van der Waals surface area (Å²) in [7, 11) is 2.95. The standard InChI is InChI=1S/C20H18O8/c1-24-13-6-11(5-12(22)8-13)17-15(9-21)26-19-14(25-2)7-10-3-4-16(23)27-18(10)20(19)28-17/h3-8,15,17,21-22H,9H2,1-2H3/t15-,17-/m0/s1. The molecular formula is C20H18O8. The fourth-order valence-electron chi connectivity index (χ4n) is 3.23. The molecule has 2 aromatic carbocycles. The zero-order valence-electron chi connectivity index (χ0n) is 15.2. The van der Waals surface area contributed by atoms with Crippen LogP contribution in [0, 0.1) is 0 Å². The van der Waals surface area contributed by atoms with Crippen LogP contribution in [0.4, 0.5) is 0 Å². The fraction of sp³-hybridized carbons (Fsp3) is 0.250. The van der Waals surface area contributed by atoms with E-state index in [2.05, 4.69) is 0 Å². The number of phenolic OH excluding ortho intramolecular Hbond substituents is 1. The van der Waals surface area contributed by atoms with E-state index in [0.717, 1.165) is 0 Å². The maximum atomic E-state index is 11.7. The summed E-state index contributed by atoms with van der Waals surface area (Å²) >= 11 is 0. The van der Waals surface area contributed by atoms with Crippen LogP contribution < -0.4 is 24.6 Å². The van der Waals surface area contributed by atoms with Crippen molar-refractivity contribution in [2.75, 3.05) is 20.8 Å². The summed E-state index contributed by atoms with van der Waals surface area (Å²) in [5.74, 6) is 1.18. The molecule has 2 atom stereocenters. The normalized spacial score (nSPS) is 18.1. The first-order chi connectivity index (χ1) is 13.5. The smallest absolute Gasteiger partial charge is 0.336 e. The number of hydrogen-bond acceptors (Lipinski definition) is 8. The average molecular weight is 386 g/mol. The Morgan fingerprint density at radius 1 is 1.04 bits per heavy atom. The van der Waals surface area contributed by atoms with Crippen molar-refractivity contribution in [2.24, 2.45) is 0 Å². The van der Waals surface area contributed by atoms with Gasteiger partial charge in [-0.15, -0.1) is 0 Å². The van der Waals surface area contributed by atoms with Crippen LogP contribution in [0.15, 0.2) is 45.6 Å². The van der Waals surface area contributed by atoms with E-state index in [1.54, 1.807) is 18.2 Å². The molecule has 4 rings (SSSR count). The Morgan fingerprint density at radius 3 is 2.57 bits per heavy atom. The SMILES string of the molecule is COc1cc(O)cc([C@@H]2Oc3c(c(OC)cc4ccc(=O)oc34)O[C@H]2CO)c1. The van der Waals surface area contributed by atoms with E-state index in [1.165, 1.54) is 32.4 Å². The highest BCUT2D eigenvalue weighted by molar-refractivity contribution is 5.88. The van der Waals surface area contributed by atoms with Gasteiger partial charge in [-0.2, -0.15) is 0 Å². The molecule has 0 bridgehead atoms. The summed E-state index contributed by atoms with van der Waals surface area (Å²) < 4.78 is 28.0. The minimum absolute atomic E-state index is 0.0255. The number of ether oxygens (including phenoxy) is 4. The van der Waals surface area contributed by atoms with Crippen molar-refractivity contribution < 1.29 is 33.6 Å². The summed E-state index contributed by atoms with van der Waals surface area (Å²) in [5.41, 5.74) is 0.191. The van der Waals surface area contributed by atoms with Gasteiger partial charge in [0.05, 0.1) is 20.8 Å². The van der Waals surface area contributed by atoms with Crippen LogP contribution >= 0.6 is 0 Å².